The van der Waals surface area contributed by atoms with Crippen molar-refractivity contribution in [3.05, 3.63) is 20.8 Å². The van der Waals surface area contributed by atoms with E-state index in [4.69, 9.17) is 5.73 Å². The molecule has 6 heteroatoms. The van der Waals surface area contributed by atoms with E-state index < -0.39 is 11.2 Å². The average molecular weight is 268 g/mol. The quantitative estimate of drug-likeness (QED) is 0.726. The predicted molar refractivity (Wildman–Crippen MR) is 78.6 cm³/mol. The average Bonchev–Trinajstić information content (AvgIpc) is 2.32. The maximum atomic E-state index is 11.8. The van der Waals surface area contributed by atoms with Crippen LogP contribution in [0.4, 0.5) is 11.5 Å². The summed E-state index contributed by atoms with van der Waals surface area (Å²) >= 11 is 0. The number of hydrogen-bond acceptors (Lipinski definition) is 4. The van der Waals surface area contributed by atoms with Crippen LogP contribution in [0.1, 0.15) is 40.5 Å². The van der Waals surface area contributed by atoms with Crippen molar-refractivity contribution >= 4 is 11.5 Å². The van der Waals surface area contributed by atoms with Gasteiger partial charge in [0.2, 0.25) is 0 Å². The zero-order chi connectivity index (χ0) is 14.6. The molecule has 0 aromatic carbocycles. The van der Waals surface area contributed by atoms with Gasteiger partial charge in [-0.2, -0.15) is 0 Å². The van der Waals surface area contributed by atoms with Crippen LogP contribution in [0, 0.1) is 5.92 Å². The van der Waals surface area contributed by atoms with Gasteiger partial charge in [0.05, 0.1) is 0 Å². The number of nitrogens with zero attached hydrogens (tertiary/aromatic N) is 1. The monoisotopic (exact) mass is 268 g/mol. The molecule has 1 heterocycles. The van der Waals surface area contributed by atoms with E-state index in [1.807, 2.05) is 13.8 Å². The molecule has 1 rings (SSSR count). The van der Waals surface area contributed by atoms with E-state index in [2.05, 4.69) is 24.1 Å². The van der Waals surface area contributed by atoms with Crippen LogP contribution in [0.2, 0.25) is 0 Å². The first-order valence-electron chi connectivity index (χ1n) is 6.75. The van der Waals surface area contributed by atoms with Gasteiger partial charge in [-0.15, -0.1) is 0 Å². The van der Waals surface area contributed by atoms with Gasteiger partial charge in [-0.3, -0.25) is 14.3 Å². The summed E-state index contributed by atoms with van der Waals surface area (Å²) in [5, 5.41) is 3.11. The smallest absolute Gasteiger partial charge is 0.330 e. The lowest BCUT2D eigenvalue weighted by molar-refractivity contribution is 0.527. The van der Waals surface area contributed by atoms with Crippen molar-refractivity contribution in [3.63, 3.8) is 0 Å². The van der Waals surface area contributed by atoms with E-state index in [-0.39, 0.29) is 17.5 Å². The molecule has 0 aliphatic heterocycles. The van der Waals surface area contributed by atoms with Gasteiger partial charge >= 0.3 is 5.69 Å². The van der Waals surface area contributed by atoms with Crippen LogP contribution < -0.4 is 22.3 Å². The Morgan fingerprint density at radius 1 is 1.26 bits per heavy atom. The maximum absolute atomic E-state index is 11.8. The highest BCUT2D eigenvalue weighted by atomic mass is 16.2. The first-order chi connectivity index (χ1) is 8.86. The molecule has 0 bridgehead atoms. The van der Waals surface area contributed by atoms with Gasteiger partial charge in [-0.25, -0.2) is 4.79 Å². The highest BCUT2D eigenvalue weighted by Gasteiger charge is 2.13. The summed E-state index contributed by atoms with van der Waals surface area (Å²) in [5.74, 6) is 0.817. The van der Waals surface area contributed by atoms with E-state index >= 15 is 0 Å². The fourth-order valence-electron chi connectivity index (χ4n) is 1.94. The van der Waals surface area contributed by atoms with E-state index in [1.165, 1.54) is 4.57 Å². The van der Waals surface area contributed by atoms with Crippen molar-refractivity contribution in [1.29, 1.82) is 0 Å². The van der Waals surface area contributed by atoms with Gasteiger partial charge in [0.15, 0.2) is 0 Å². The molecule has 0 unspecified atom stereocenters. The zero-order valence-electron chi connectivity index (χ0n) is 12.1. The Hall–Kier alpha value is -1.72. The number of anilines is 2. The number of H-pyrrole nitrogens is 1. The van der Waals surface area contributed by atoms with Gasteiger partial charge in [-0.05, 0) is 32.6 Å². The molecular formula is C13H24N4O2. The van der Waals surface area contributed by atoms with Crippen molar-refractivity contribution in [2.45, 2.75) is 53.1 Å². The van der Waals surface area contributed by atoms with Gasteiger partial charge < -0.3 is 11.1 Å². The molecule has 1 aromatic rings. The zero-order valence-corrected chi connectivity index (χ0v) is 12.1. The van der Waals surface area contributed by atoms with Gasteiger partial charge in [0.25, 0.3) is 5.56 Å². The Morgan fingerprint density at radius 3 is 2.42 bits per heavy atom. The fourth-order valence-corrected chi connectivity index (χ4v) is 1.94. The van der Waals surface area contributed by atoms with E-state index in [0.29, 0.717) is 12.5 Å². The first kappa shape index (κ1) is 15.3. The number of rotatable bonds is 6. The minimum atomic E-state index is -0.467. The second kappa shape index (κ2) is 6.45. The number of aromatic amines is 1. The largest absolute Gasteiger partial charge is 0.383 e. The minimum Gasteiger partial charge on any atom is -0.383 e. The topological polar surface area (TPSA) is 92.9 Å². The normalized spacial score (nSPS) is 12.7. The molecule has 108 valence electrons. The highest BCUT2D eigenvalue weighted by Crippen LogP contribution is 2.14. The molecule has 0 saturated carbocycles. The number of nitrogen functional groups attached to an aromatic ring is 1. The Balaban J connectivity index is 2.95. The summed E-state index contributed by atoms with van der Waals surface area (Å²) in [5.41, 5.74) is 5.25. The summed E-state index contributed by atoms with van der Waals surface area (Å²) in [6, 6.07) is 0.133. The number of nitrogens with two attached hydrogens (primary N) is 1. The lowest BCUT2D eigenvalue weighted by Gasteiger charge is -2.18. The molecule has 0 aliphatic carbocycles. The highest BCUT2D eigenvalue weighted by molar-refractivity contribution is 5.60. The van der Waals surface area contributed by atoms with Crippen LogP contribution in [-0.2, 0) is 6.54 Å². The third-order valence-corrected chi connectivity index (χ3v) is 3.12. The second-order valence-corrected chi connectivity index (χ2v) is 5.28. The number of hydrogen-bond donors (Lipinski definition) is 3. The SMILES string of the molecule is CCn1c(N)c(N[C@@H](C)CCC(C)C)c(=O)[nH]c1=O. The first-order valence-corrected chi connectivity index (χ1v) is 6.75. The fraction of sp³-hybridized carbons (Fsp3) is 0.692. The van der Waals surface area contributed by atoms with Gasteiger partial charge in [-0.1, -0.05) is 13.8 Å². The summed E-state index contributed by atoms with van der Waals surface area (Å²) in [6.07, 6.45) is 2.02. The minimum absolute atomic E-state index is 0.133. The van der Waals surface area contributed by atoms with Crippen molar-refractivity contribution in [2.75, 3.05) is 11.1 Å². The predicted octanol–water partition coefficient (Wildman–Crippen LogP) is 1.38. The van der Waals surface area contributed by atoms with Crippen LogP contribution in [-0.4, -0.2) is 15.6 Å². The summed E-state index contributed by atoms with van der Waals surface area (Å²) < 4.78 is 1.35. The van der Waals surface area contributed by atoms with Gasteiger partial charge in [0, 0.05) is 12.6 Å². The molecule has 0 saturated heterocycles. The Labute approximate surface area is 113 Å². The van der Waals surface area contributed by atoms with E-state index in [9.17, 15) is 9.59 Å². The lowest BCUT2D eigenvalue weighted by Crippen LogP contribution is -2.35. The number of aromatic nitrogens is 2. The molecule has 0 fully saturated rings. The number of nitrogens with one attached hydrogen (secondary N) is 2. The molecule has 1 aromatic heterocycles. The Morgan fingerprint density at radius 2 is 1.89 bits per heavy atom. The van der Waals surface area contributed by atoms with E-state index in [1.54, 1.807) is 0 Å². The third-order valence-electron chi connectivity index (χ3n) is 3.12. The molecule has 0 radical (unpaired) electrons. The molecule has 1 atom stereocenters. The van der Waals surface area contributed by atoms with Gasteiger partial charge in [0.1, 0.15) is 11.5 Å². The second-order valence-electron chi connectivity index (χ2n) is 5.28. The molecule has 0 spiro atoms. The van der Waals surface area contributed by atoms with Crippen molar-refractivity contribution in [1.82, 2.24) is 9.55 Å². The standard InChI is InChI=1S/C13H24N4O2/c1-5-17-11(14)10(12(18)16-13(17)19)15-9(4)7-6-8(2)3/h8-9,15H,5-7,14H2,1-4H3,(H,16,18,19)/t9-/m0/s1. The molecular weight excluding hydrogens is 244 g/mol. The molecule has 0 aliphatic rings. The summed E-state index contributed by atoms with van der Waals surface area (Å²) in [6.45, 7) is 8.55. The van der Waals surface area contributed by atoms with E-state index in [0.717, 1.165) is 12.8 Å². The third kappa shape index (κ3) is 3.87. The molecule has 0 amide bonds. The van der Waals surface area contributed by atoms with Crippen molar-refractivity contribution in [3.8, 4) is 0 Å². The van der Waals surface area contributed by atoms with Crippen LogP contribution >= 0.6 is 0 Å². The summed E-state index contributed by atoms with van der Waals surface area (Å²) in [4.78, 5) is 25.6. The maximum Gasteiger partial charge on any atom is 0.330 e. The van der Waals surface area contributed by atoms with Crippen LogP contribution in [0.3, 0.4) is 0 Å². The van der Waals surface area contributed by atoms with Crippen molar-refractivity contribution in [2.24, 2.45) is 5.92 Å². The molecule has 6 nitrogen and oxygen atoms in total. The summed E-state index contributed by atoms with van der Waals surface area (Å²) in [7, 11) is 0. The van der Waals surface area contributed by atoms with Crippen LogP contribution in [0.25, 0.3) is 0 Å². The molecule has 4 N–H and O–H groups in total. The lowest BCUT2D eigenvalue weighted by atomic mass is 10.0. The Bertz CT molecular complexity index is 530. The molecule has 19 heavy (non-hydrogen) atoms. The Kier molecular flexibility index (Phi) is 5.20. The van der Waals surface area contributed by atoms with Crippen LogP contribution in [0.15, 0.2) is 9.59 Å². The van der Waals surface area contributed by atoms with Crippen molar-refractivity contribution < 1.29 is 0 Å². The van der Waals surface area contributed by atoms with Crippen LogP contribution in [0.5, 0.6) is 0 Å².